The molecule has 0 aliphatic carbocycles. The number of H-pyrrole nitrogens is 1. The Balaban J connectivity index is 2.88. The molecule has 1 N–H and O–H groups in total. The van der Waals surface area contributed by atoms with Crippen LogP contribution in [0.25, 0.3) is 0 Å². The zero-order valence-electron chi connectivity index (χ0n) is 11.1. The lowest BCUT2D eigenvalue weighted by Gasteiger charge is -2.06. The standard InChI is InChI=1S/C14H23NS2/c1-4-7-9-13-11(8-5-2)12(10-15-13)14(16)17-6-3/h10,15H,4-9H2,1-3H3. The van der Waals surface area contributed by atoms with E-state index in [0.29, 0.717) is 0 Å². The van der Waals surface area contributed by atoms with Gasteiger partial charge in [0.05, 0.1) is 4.20 Å². The molecule has 96 valence electrons. The summed E-state index contributed by atoms with van der Waals surface area (Å²) < 4.78 is 1.05. The van der Waals surface area contributed by atoms with Crippen LogP contribution in [0, 0.1) is 0 Å². The lowest BCUT2D eigenvalue weighted by molar-refractivity contribution is 0.767. The Labute approximate surface area is 115 Å². The van der Waals surface area contributed by atoms with Gasteiger partial charge in [-0.3, -0.25) is 0 Å². The van der Waals surface area contributed by atoms with Crippen molar-refractivity contribution in [3.63, 3.8) is 0 Å². The first kappa shape index (κ1) is 14.8. The summed E-state index contributed by atoms with van der Waals surface area (Å²) in [5.41, 5.74) is 4.15. The number of hydrogen-bond acceptors (Lipinski definition) is 2. The summed E-state index contributed by atoms with van der Waals surface area (Å²) in [4.78, 5) is 3.43. The predicted molar refractivity (Wildman–Crippen MR) is 83.2 cm³/mol. The largest absolute Gasteiger partial charge is 0.364 e. The molecule has 0 radical (unpaired) electrons. The average Bonchev–Trinajstić information content (AvgIpc) is 2.70. The minimum atomic E-state index is 1.05. The third-order valence-electron chi connectivity index (χ3n) is 2.86. The number of nitrogens with one attached hydrogen (secondary N) is 1. The van der Waals surface area contributed by atoms with Crippen molar-refractivity contribution in [2.24, 2.45) is 0 Å². The Morgan fingerprint density at radius 1 is 1.24 bits per heavy atom. The molecule has 1 rings (SSSR count). The van der Waals surface area contributed by atoms with Crippen molar-refractivity contribution < 1.29 is 0 Å². The van der Waals surface area contributed by atoms with Crippen molar-refractivity contribution in [2.75, 3.05) is 5.75 Å². The highest BCUT2D eigenvalue weighted by Gasteiger charge is 2.13. The fourth-order valence-corrected chi connectivity index (χ4v) is 3.13. The van der Waals surface area contributed by atoms with Crippen LogP contribution < -0.4 is 0 Å². The zero-order chi connectivity index (χ0) is 12.7. The molecule has 0 unspecified atom stereocenters. The van der Waals surface area contributed by atoms with Gasteiger partial charge in [-0.25, -0.2) is 0 Å². The summed E-state index contributed by atoms with van der Waals surface area (Å²) in [5, 5.41) is 0. The Bertz CT molecular complexity index is 355. The van der Waals surface area contributed by atoms with Crippen molar-refractivity contribution >= 4 is 28.2 Å². The Morgan fingerprint density at radius 2 is 2.00 bits per heavy atom. The van der Waals surface area contributed by atoms with Gasteiger partial charge >= 0.3 is 0 Å². The quantitative estimate of drug-likeness (QED) is 0.720. The van der Waals surface area contributed by atoms with E-state index in [1.54, 1.807) is 11.8 Å². The van der Waals surface area contributed by atoms with Gasteiger partial charge in [-0.05, 0) is 30.6 Å². The first-order valence-corrected chi connectivity index (χ1v) is 8.00. The summed E-state index contributed by atoms with van der Waals surface area (Å²) in [6.45, 7) is 6.62. The molecule has 17 heavy (non-hydrogen) atoms. The van der Waals surface area contributed by atoms with Gasteiger partial charge in [-0.2, -0.15) is 0 Å². The van der Waals surface area contributed by atoms with Gasteiger partial charge in [0.1, 0.15) is 0 Å². The molecule has 1 heterocycles. The molecule has 1 aromatic heterocycles. The van der Waals surface area contributed by atoms with Gasteiger partial charge in [0.15, 0.2) is 0 Å². The third-order valence-corrected chi connectivity index (χ3v) is 4.20. The zero-order valence-corrected chi connectivity index (χ0v) is 12.8. The number of thioether (sulfide) groups is 1. The monoisotopic (exact) mass is 269 g/mol. The van der Waals surface area contributed by atoms with Crippen LogP contribution >= 0.6 is 24.0 Å². The molecule has 0 aromatic carbocycles. The molecule has 0 aliphatic rings. The third kappa shape index (κ3) is 4.14. The Morgan fingerprint density at radius 3 is 2.59 bits per heavy atom. The predicted octanol–water partition coefficient (Wildman–Crippen LogP) is 4.74. The van der Waals surface area contributed by atoms with Crippen LogP contribution in [0.4, 0.5) is 0 Å². The average molecular weight is 269 g/mol. The van der Waals surface area contributed by atoms with Crippen LogP contribution in [0.1, 0.15) is 56.9 Å². The van der Waals surface area contributed by atoms with Gasteiger partial charge in [-0.1, -0.05) is 45.8 Å². The van der Waals surface area contributed by atoms with Crippen LogP contribution in [0.5, 0.6) is 0 Å². The van der Waals surface area contributed by atoms with E-state index in [0.717, 1.165) is 22.8 Å². The number of unbranched alkanes of at least 4 members (excludes halogenated alkanes) is 1. The highest BCUT2D eigenvalue weighted by Crippen LogP contribution is 2.23. The van der Waals surface area contributed by atoms with Crippen LogP contribution in [-0.2, 0) is 12.8 Å². The van der Waals surface area contributed by atoms with Crippen LogP contribution in [0.3, 0.4) is 0 Å². The minimum Gasteiger partial charge on any atom is -0.364 e. The van der Waals surface area contributed by atoms with Crippen molar-refractivity contribution in [1.29, 1.82) is 0 Å². The van der Waals surface area contributed by atoms with Gasteiger partial charge in [0, 0.05) is 17.5 Å². The summed E-state index contributed by atoms with van der Waals surface area (Å²) in [5.74, 6) is 1.06. The number of thiocarbonyl (C=S) groups is 1. The molecule has 0 saturated heterocycles. The Kier molecular flexibility index (Phi) is 6.90. The number of hydrogen-bond donors (Lipinski definition) is 1. The van der Waals surface area contributed by atoms with Gasteiger partial charge < -0.3 is 4.98 Å². The van der Waals surface area contributed by atoms with E-state index >= 15 is 0 Å². The van der Waals surface area contributed by atoms with Crippen molar-refractivity contribution in [1.82, 2.24) is 4.98 Å². The van der Waals surface area contributed by atoms with E-state index < -0.39 is 0 Å². The van der Waals surface area contributed by atoms with E-state index in [1.165, 1.54) is 36.1 Å². The molecule has 0 atom stereocenters. The maximum atomic E-state index is 5.49. The number of rotatable bonds is 7. The topological polar surface area (TPSA) is 15.8 Å². The van der Waals surface area contributed by atoms with Crippen LogP contribution in [0.15, 0.2) is 6.20 Å². The van der Waals surface area contributed by atoms with Gasteiger partial charge in [-0.15, -0.1) is 11.8 Å². The summed E-state index contributed by atoms with van der Waals surface area (Å²) >= 11 is 7.26. The highest BCUT2D eigenvalue weighted by molar-refractivity contribution is 8.23. The summed E-state index contributed by atoms with van der Waals surface area (Å²) in [7, 11) is 0. The second-order valence-electron chi connectivity index (χ2n) is 4.23. The van der Waals surface area contributed by atoms with Crippen molar-refractivity contribution in [3.8, 4) is 0 Å². The molecular formula is C14H23NS2. The van der Waals surface area contributed by atoms with Crippen LogP contribution in [0.2, 0.25) is 0 Å². The number of aromatic nitrogens is 1. The fourth-order valence-electron chi connectivity index (χ4n) is 2.00. The molecule has 0 fully saturated rings. The summed E-state index contributed by atoms with van der Waals surface area (Å²) in [6, 6.07) is 0. The maximum absolute atomic E-state index is 5.49. The maximum Gasteiger partial charge on any atom is 0.0796 e. The first-order chi connectivity index (χ1) is 8.24. The molecule has 0 saturated carbocycles. The number of aryl methyl sites for hydroxylation is 1. The molecular weight excluding hydrogens is 246 g/mol. The van der Waals surface area contributed by atoms with Crippen LogP contribution in [-0.4, -0.2) is 14.9 Å². The van der Waals surface area contributed by atoms with E-state index in [-0.39, 0.29) is 0 Å². The van der Waals surface area contributed by atoms with E-state index in [2.05, 4.69) is 32.0 Å². The smallest absolute Gasteiger partial charge is 0.0796 e. The van der Waals surface area contributed by atoms with E-state index in [1.807, 2.05) is 0 Å². The van der Waals surface area contributed by atoms with Gasteiger partial charge in [0.25, 0.3) is 0 Å². The second-order valence-corrected chi connectivity index (χ2v) is 6.17. The fraction of sp³-hybridized carbons (Fsp3) is 0.643. The molecule has 3 heteroatoms. The molecule has 0 amide bonds. The summed E-state index contributed by atoms with van der Waals surface area (Å²) in [6.07, 6.45) is 8.09. The lowest BCUT2D eigenvalue weighted by atomic mass is 10.0. The SMILES string of the molecule is CCCCc1[nH]cc(C(=S)SCC)c1CCC. The molecule has 0 aliphatic heterocycles. The normalized spacial score (nSPS) is 10.8. The van der Waals surface area contributed by atoms with Crippen molar-refractivity contribution in [2.45, 2.75) is 52.9 Å². The van der Waals surface area contributed by atoms with E-state index in [9.17, 15) is 0 Å². The van der Waals surface area contributed by atoms with E-state index in [4.69, 9.17) is 12.2 Å². The lowest BCUT2D eigenvalue weighted by Crippen LogP contribution is -1.99. The Hall–Kier alpha value is -0.280. The van der Waals surface area contributed by atoms with Gasteiger partial charge in [0.2, 0.25) is 0 Å². The molecule has 1 aromatic rings. The second kappa shape index (κ2) is 7.93. The molecule has 0 spiro atoms. The van der Waals surface area contributed by atoms with Crippen molar-refractivity contribution in [3.05, 3.63) is 23.0 Å². The highest BCUT2D eigenvalue weighted by atomic mass is 32.2. The minimum absolute atomic E-state index is 1.05. The first-order valence-electron chi connectivity index (χ1n) is 6.60. The molecule has 0 bridgehead atoms. The molecule has 1 nitrogen and oxygen atoms in total. The number of aromatic amines is 1.